The molecule has 4 nitrogen and oxygen atoms in total. The third kappa shape index (κ3) is 9.51. The monoisotopic (exact) mass is 394 g/mol. The maximum absolute atomic E-state index is 11.7. The Labute approximate surface area is 175 Å². The Morgan fingerprint density at radius 2 is 1.28 bits per heavy atom. The number of ether oxygens (including phenoxy) is 1. The van der Waals surface area contributed by atoms with Gasteiger partial charge in [0.15, 0.2) is 0 Å². The highest BCUT2D eigenvalue weighted by atomic mass is 16.5. The van der Waals surface area contributed by atoms with Crippen LogP contribution < -0.4 is 4.74 Å². The first kappa shape index (κ1) is 22.8. The van der Waals surface area contributed by atoms with Crippen molar-refractivity contribution in [3.63, 3.8) is 0 Å². The lowest BCUT2D eigenvalue weighted by Crippen LogP contribution is -2.06. The molecule has 0 atom stereocenters. The summed E-state index contributed by atoms with van der Waals surface area (Å²) in [5.74, 6) is 0.353. The molecule has 0 saturated heterocycles. The Bertz CT molecular complexity index is 736. The number of carbonyl (C=O) groups is 1. The number of azo groups is 1. The fraction of sp³-hybridized carbons (Fsp3) is 0.480. The summed E-state index contributed by atoms with van der Waals surface area (Å²) in [6.45, 7) is 4.30. The van der Waals surface area contributed by atoms with Crippen LogP contribution in [-0.4, -0.2) is 5.97 Å². The summed E-state index contributed by atoms with van der Waals surface area (Å²) in [5, 5.41) is 8.56. The van der Waals surface area contributed by atoms with Gasteiger partial charge in [-0.05, 0) is 61.2 Å². The minimum atomic E-state index is -0.192. The lowest BCUT2D eigenvalue weighted by atomic mass is 10.0. The Morgan fingerprint density at radius 1 is 0.724 bits per heavy atom. The zero-order valence-electron chi connectivity index (χ0n) is 17.9. The summed E-state index contributed by atoms with van der Waals surface area (Å²) in [6.07, 6.45) is 11.3. The molecule has 0 unspecified atom stereocenters. The minimum Gasteiger partial charge on any atom is -0.427 e. The molecule has 0 heterocycles. The van der Waals surface area contributed by atoms with Crippen LogP contribution in [-0.2, 0) is 11.2 Å². The number of benzene rings is 2. The first-order valence-corrected chi connectivity index (χ1v) is 11.0. The van der Waals surface area contributed by atoms with Gasteiger partial charge in [-0.25, -0.2) is 0 Å². The van der Waals surface area contributed by atoms with Crippen molar-refractivity contribution in [2.75, 3.05) is 0 Å². The third-order valence-electron chi connectivity index (χ3n) is 4.84. The summed E-state index contributed by atoms with van der Waals surface area (Å²) >= 11 is 0. The molecule has 0 spiro atoms. The van der Waals surface area contributed by atoms with E-state index in [1.807, 2.05) is 12.1 Å². The predicted molar refractivity (Wildman–Crippen MR) is 119 cm³/mol. The minimum absolute atomic E-state index is 0.192. The van der Waals surface area contributed by atoms with Crippen molar-refractivity contribution in [1.29, 1.82) is 0 Å². The largest absolute Gasteiger partial charge is 0.427 e. The molecule has 2 aromatic carbocycles. The van der Waals surface area contributed by atoms with Crippen molar-refractivity contribution in [2.24, 2.45) is 10.2 Å². The molecule has 0 N–H and O–H groups in total. The summed E-state index contributed by atoms with van der Waals surface area (Å²) in [7, 11) is 0. The molecule has 2 rings (SSSR count). The van der Waals surface area contributed by atoms with Gasteiger partial charge in [-0.2, -0.15) is 10.2 Å². The summed E-state index contributed by atoms with van der Waals surface area (Å²) in [4.78, 5) is 11.7. The van der Waals surface area contributed by atoms with E-state index in [0.29, 0.717) is 12.2 Å². The molecule has 0 aliphatic rings. The summed E-state index contributed by atoms with van der Waals surface area (Å²) < 4.78 is 5.30. The predicted octanol–water partition coefficient (Wildman–Crippen LogP) is 8.10. The van der Waals surface area contributed by atoms with Crippen LogP contribution in [0.5, 0.6) is 5.75 Å². The van der Waals surface area contributed by atoms with Crippen molar-refractivity contribution in [3.05, 3.63) is 54.1 Å². The van der Waals surface area contributed by atoms with Crippen LogP contribution in [0.1, 0.15) is 77.2 Å². The van der Waals surface area contributed by atoms with Crippen molar-refractivity contribution in [2.45, 2.75) is 78.1 Å². The number of unbranched alkanes of at least 4 members (excludes halogenated alkanes) is 6. The van der Waals surface area contributed by atoms with Gasteiger partial charge in [0.25, 0.3) is 0 Å². The Balaban J connectivity index is 1.77. The van der Waals surface area contributed by atoms with Gasteiger partial charge in [0.05, 0.1) is 11.4 Å². The fourth-order valence-electron chi connectivity index (χ4n) is 3.04. The standard InChI is InChI=1S/C25H34N2O2/c1-3-5-7-8-9-10-11-21-13-15-22(16-14-21)26-27-23-17-19-24(20-18-23)29-25(28)12-6-4-2/h13-20H,3-12H2,1-2H3. The van der Waals surface area contributed by atoms with Gasteiger partial charge in [-0.3, -0.25) is 4.79 Å². The van der Waals surface area contributed by atoms with E-state index >= 15 is 0 Å². The van der Waals surface area contributed by atoms with E-state index in [9.17, 15) is 4.79 Å². The quantitative estimate of drug-likeness (QED) is 0.149. The fourth-order valence-corrected chi connectivity index (χ4v) is 3.04. The third-order valence-corrected chi connectivity index (χ3v) is 4.84. The highest BCUT2D eigenvalue weighted by Gasteiger charge is 2.04. The molecule has 0 amide bonds. The number of hydrogen-bond acceptors (Lipinski definition) is 4. The first-order chi connectivity index (χ1) is 14.2. The molecule has 0 saturated carbocycles. The van der Waals surface area contributed by atoms with Gasteiger partial charge in [-0.15, -0.1) is 0 Å². The van der Waals surface area contributed by atoms with E-state index < -0.39 is 0 Å². The lowest BCUT2D eigenvalue weighted by molar-refractivity contribution is -0.134. The maximum Gasteiger partial charge on any atom is 0.311 e. The molecule has 2 aromatic rings. The van der Waals surface area contributed by atoms with Crippen LogP contribution >= 0.6 is 0 Å². The van der Waals surface area contributed by atoms with Crippen LogP contribution in [0, 0.1) is 0 Å². The maximum atomic E-state index is 11.7. The van der Waals surface area contributed by atoms with Gasteiger partial charge in [0.2, 0.25) is 0 Å². The van der Waals surface area contributed by atoms with Crippen LogP contribution in [0.15, 0.2) is 58.8 Å². The topological polar surface area (TPSA) is 51.0 Å². The van der Waals surface area contributed by atoms with Gasteiger partial charge in [0, 0.05) is 6.42 Å². The number of hydrogen-bond donors (Lipinski definition) is 0. The number of aryl methyl sites for hydroxylation is 1. The zero-order valence-corrected chi connectivity index (χ0v) is 17.9. The van der Waals surface area contributed by atoms with Crippen LogP contribution in [0.2, 0.25) is 0 Å². The number of esters is 1. The molecule has 0 fully saturated rings. The second-order valence-corrected chi connectivity index (χ2v) is 7.46. The number of nitrogens with zero attached hydrogens (tertiary/aromatic N) is 2. The number of rotatable bonds is 13. The zero-order chi connectivity index (χ0) is 20.7. The molecular weight excluding hydrogens is 360 g/mol. The van der Waals surface area contributed by atoms with Crippen LogP contribution in [0.3, 0.4) is 0 Å². The first-order valence-electron chi connectivity index (χ1n) is 11.0. The molecule has 29 heavy (non-hydrogen) atoms. The second-order valence-electron chi connectivity index (χ2n) is 7.46. The summed E-state index contributed by atoms with van der Waals surface area (Å²) in [6, 6.07) is 15.4. The molecule has 0 radical (unpaired) electrons. The molecule has 156 valence electrons. The summed E-state index contributed by atoms with van der Waals surface area (Å²) in [5.41, 5.74) is 2.93. The SMILES string of the molecule is CCCCCCCCc1ccc(N=Nc2ccc(OC(=O)CCCC)cc2)cc1. The van der Waals surface area contributed by atoms with Gasteiger partial charge < -0.3 is 4.74 Å². The average Bonchev–Trinajstić information content (AvgIpc) is 2.75. The van der Waals surface area contributed by atoms with E-state index in [2.05, 4.69) is 36.2 Å². The molecule has 0 aliphatic heterocycles. The van der Waals surface area contributed by atoms with E-state index in [1.54, 1.807) is 24.3 Å². The molecular formula is C25H34N2O2. The highest BCUT2D eigenvalue weighted by molar-refractivity contribution is 5.72. The van der Waals surface area contributed by atoms with Crippen LogP contribution in [0.25, 0.3) is 0 Å². The van der Waals surface area contributed by atoms with E-state index in [0.717, 1.165) is 30.6 Å². The highest BCUT2D eigenvalue weighted by Crippen LogP contribution is 2.22. The van der Waals surface area contributed by atoms with E-state index in [1.165, 1.54) is 44.1 Å². The molecule has 0 aliphatic carbocycles. The molecule has 0 aromatic heterocycles. The average molecular weight is 395 g/mol. The lowest BCUT2D eigenvalue weighted by Gasteiger charge is -2.04. The van der Waals surface area contributed by atoms with Crippen molar-refractivity contribution in [3.8, 4) is 5.75 Å². The van der Waals surface area contributed by atoms with Gasteiger partial charge >= 0.3 is 5.97 Å². The van der Waals surface area contributed by atoms with Crippen molar-refractivity contribution in [1.82, 2.24) is 0 Å². The molecule has 0 bridgehead atoms. The van der Waals surface area contributed by atoms with Gasteiger partial charge in [0.1, 0.15) is 5.75 Å². The van der Waals surface area contributed by atoms with E-state index in [4.69, 9.17) is 4.74 Å². The Kier molecular flexibility index (Phi) is 10.7. The number of carbonyl (C=O) groups excluding carboxylic acids is 1. The Morgan fingerprint density at radius 3 is 1.90 bits per heavy atom. The van der Waals surface area contributed by atoms with Gasteiger partial charge in [-0.1, -0.05) is 64.5 Å². The van der Waals surface area contributed by atoms with Crippen molar-refractivity contribution < 1.29 is 9.53 Å². The second kappa shape index (κ2) is 13.6. The normalized spacial score (nSPS) is 11.1. The molecule has 4 heteroatoms. The van der Waals surface area contributed by atoms with E-state index in [-0.39, 0.29) is 5.97 Å². The van der Waals surface area contributed by atoms with Crippen molar-refractivity contribution >= 4 is 17.3 Å². The van der Waals surface area contributed by atoms with Crippen LogP contribution in [0.4, 0.5) is 11.4 Å². The smallest absolute Gasteiger partial charge is 0.311 e. The Hall–Kier alpha value is -2.49.